The van der Waals surface area contributed by atoms with Gasteiger partial charge in [-0.3, -0.25) is 4.79 Å². The number of rotatable bonds is 6. The van der Waals surface area contributed by atoms with Crippen LogP contribution in [0.25, 0.3) is 0 Å². The van der Waals surface area contributed by atoms with E-state index in [2.05, 4.69) is 24.0 Å². The lowest BCUT2D eigenvalue weighted by Gasteiger charge is -2.38. The van der Waals surface area contributed by atoms with Gasteiger partial charge in [-0.2, -0.15) is 0 Å². The molecule has 2 unspecified atom stereocenters. The quantitative estimate of drug-likeness (QED) is 0.738. The summed E-state index contributed by atoms with van der Waals surface area (Å²) in [7, 11) is 0. The number of carboxylic acid groups (broad SMARTS) is 1. The average Bonchev–Trinajstić information content (AvgIpc) is 2.98. The van der Waals surface area contributed by atoms with Crippen molar-refractivity contribution in [3.8, 4) is 11.8 Å². The van der Waals surface area contributed by atoms with Crippen LogP contribution in [0.3, 0.4) is 0 Å². The Balaban J connectivity index is 1.45. The van der Waals surface area contributed by atoms with Crippen molar-refractivity contribution in [3.63, 3.8) is 0 Å². The standard InChI is InChI=1S/C21H28O3/c1-2-4-18(13-20(22)23)17-5-7-19(8-6-17)24-15-16-9-12-21(14-16)10-3-11-21/h5-7,16,18-19H,3,8-15H2,1H3,(H,22,23)/t16?,18-,19?/m0/s1. The van der Waals surface area contributed by atoms with Gasteiger partial charge < -0.3 is 9.84 Å². The van der Waals surface area contributed by atoms with E-state index in [4.69, 9.17) is 9.84 Å². The van der Waals surface area contributed by atoms with Crippen LogP contribution in [0.4, 0.5) is 0 Å². The normalized spacial score (nSPS) is 28.6. The molecule has 0 radical (unpaired) electrons. The monoisotopic (exact) mass is 328 g/mol. The number of hydrogen-bond donors (Lipinski definition) is 1. The van der Waals surface area contributed by atoms with Crippen molar-refractivity contribution in [1.29, 1.82) is 0 Å². The van der Waals surface area contributed by atoms with E-state index in [1.54, 1.807) is 6.92 Å². The van der Waals surface area contributed by atoms with Gasteiger partial charge in [-0.15, -0.1) is 5.92 Å². The maximum absolute atomic E-state index is 11.0. The lowest BCUT2D eigenvalue weighted by molar-refractivity contribution is -0.137. The smallest absolute Gasteiger partial charge is 0.304 e. The zero-order valence-electron chi connectivity index (χ0n) is 14.6. The molecule has 1 spiro atoms. The fourth-order valence-electron chi connectivity index (χ4n) is 4.46. The van der Waals surface area contributed by atoms with Crippen LogP contribution in [-0.4, -0.2) is 23.8 Å². The van der Waals surface area contributed by atoms with Gasteiger partial charge in [0.15, 0.2) is 0 Å². The number of ether oxygens (including phenoxy) is 1. The molecule has 24 heavy (non-hydrogen) atoms. The van der Waals surface area contributed by atoms with Crippen LogP contribution >= 0.6 is 0 Å². The number of carboxylic acids is 1. The van der Waals surface area contributed by atoms with E-state index < -0.39 is 5.97 Å². The number of allylic oxidation sites excluding steroid dienone is 2. The second-order valence-electron chi connectivity index (χ2n) is 7.68. The highest BCUT2D eigenvalue weighted by Crippen LogP contribution is 2.55. The van der Waals surface area contributed by atoms with Gasteiger partial charge in [-0.1, -0.05) is 30.6 Å². The highest BCUT2D eigenvalue weighted by molar-refractivity contribution is 5.68. The van der Waals surface area contributed by atoms with Crippen molar-refractivity contribution < 1.29 is 14.6 Å². The predicted molar refractivity (Wildman–Crippen MR) is 94.4 cm³/mol. The van der Waals surface area contributed by atoms with Gasteiger partial charge in [0.1, 0.15) is 0 Å². The molecule has 130 valence electrons. The molecule has 2 fully saturated rings. The number of aliphatic carboxylic acids is 1. The summed E-state index contributed by atoms with van der Waals surface area (Å²) in [5.74, 6) is 5.57. The molecular formula is C21H28O3. The Morgan fingerprint density at radius 1 is 1.46 bits per heavy atom. The Morgan fingerprint density at radius 2 is 2.29 bits per heavy atom. The molecule has 3 nitrogen and oxygen atoms in total. The van der Waals surface area contributed by atoms with E-state index >= 15 is 0 Å². The Hall–Kier alpha value is -1.53. The second kappa shape index (κ2) is 7.57. The van der Waals surface area contributed by atoms with Gasteiger partial charge in [0.25, 0.3) is 0 Å². The minimum Gasteiger partial charge on any atom is -0.481 e. The molecule has 0 aromatic carbocycles. The summed E-state index contributed by atoms with van der Waals surface area (Å²) >= 11 is 0. The van der Waals surface area contributed by atoms with Crippen molar-refractivity contribution >= 4 is 5.97 Å². The molecule has 3 heteroatoms. The summed E-state index contributed by atoms with van der Waals surface area (Å²) in [5.41, 5.74) is 1.70. The van der Waals surface area contributed by atoms with Crippen LogP contribution in [0.15, 0.2) is 23.8 Å². The van der Waals surface area contributed by atoms with Gasteiger partial charge in [-0.05, 0) is 62.4 Å². The van der Waals surface area contributed by atoms with Gasteiger partial charge in [0, 0.05) is 0 Å². The van der Waals surface area contributed by atoms with Crippen LogP contribution in [-0.2, 0) is 9.53 Å². The van der Waals surface area contributed by atoms with Crippen molar-refractivity contribution in [2.75, 3.05) is 6.61 Å². The molecule has 0 amide bonds. The van der Waals surface area contributed by atoms with E-state index in [1.807, 2.05) is 6.08 Å². The fraction of sp³-hybridized carbons (Fsp3) is 0.667. The van der Waals surface area contributed by atoms with Crippen molar-refractivity contribution in [3.05, 3.63) is 23.8 Å². The first kappa shape index (κ1) is 17.3. The third kappa shape index (κ3) is 4.11. The van der Waals surface area contributed by atoms with Gasteiger partial charge in [0.2, 0.25) is 0 Å². The molecule has 1 N–H and O–H groups in total. The van der Waals surface area contributed by atoms with Crippen LogP contribution in [0.2, 0.25) is 0 Å². The van der Waals surface area contributed by atoms with Crippen molar-refractivity contribution in [2.24, 2.45) is 17.3 Å². The minimum absolute atomic E-state index is 0.0622. The van der Waals surface area contributed by atoms with Gasteiger partial charge in [-0.25, -0.2) is 0 Å². The van der Waals surface area contributed by atoms with E-state index in [1.165, 1.54) is 38.5 Å². The third-order valence-corrected chi connectivity index (χ3v) is 5.95. The zero-order valence-corrected chi connectivity index (χ0v) is 14.6. The number of hydrogen-bond acceptors (Lipinski definition) is 2. The third-order valence-electron chi connectivity index (χ3n) is 5.95. The lowest BCUT2D eigenvalue weighted by Crippen LogP contribution is -2.26. The lowest BCUT2D eigenvalue weighted by atomic mass is 9.67. The van der Waals surface area contributed by atoms with Crippen molar-refractivity contribution in [2.45, 2.75) is 64.4 Å². The Labute approximate surface area is 145 Å². The van der Waals surface area contributed by atoms with Crippen LogP contribution < -0.4 is 0 Å². The van der Waals surface area contributed by atoms with Crippen molar-refractivity contribution in [1.82, 2.24) is 0 Å². The molecule has 0 bridgehead atoms. The predicted octanol–water partition coefficient (Wildman–Crippen LogP) is 4.34. The van der Waals surface area contributed by atoms with Gasteiger partial charge >= 0.3 is 5.97 Å². The summed E-state index contributed by atoms with van der Waals surface area (Å²) in [6, 6.07) is 0. The van der Waals surface area contributed by atoms with E-state index in [0.29, 0.717) is 5.41 Å². The summed E-state index contributed by atoms with van der Waals surface area (Å²) < 4.78 is 6.11. The largest absolute Gasteiger partial charge is 0.481 e. The highest BCUT2D eigenvalue weighted by atomic mass is 16.5. The Morgan fingerprint density at radius 3 is 2.83 bits per heavy atom. The molecule has 3 atom stereocenters. The van der Waals surface area contributed by atoms with Crippen LogP contribution in [0, 0.1) is 29.1 Å². The second-order valence-corrected chi connectivity index (χ2v) is 7.68. The van der Waals surface area contributed by atoms with Crippen LogP contribution in [0.5, 0.6) is 0 Å². The summed E-state index contributed by atoms with van der Waals surface area (Å²) in [4.78, 5) is 11.0. The Kier molecular flexibility index (Phi) is 5.46. The molecule has 0 aromatic heterocycles. The maximum Gasteiger partial charge on any atom is 0.304 e. The summed E-state index contributed by atoms with van der Waals surface area (Å²) in [6.07, 6.45) is 15.6. The fourth-order valence-corrected chi connectivity index (χ4v) is 4.46. The SMILES string of the molecule is CC#C[C@@H](CC(=O)O)C1=CCC(OCC2CCC3(CCC3)C2)C=C1. The molecule has 0 aliphatic heterocycles. The van der Waals surface area contributed by atoms with Gasteiger partial charge in [0.05, 0.1) is 25.0 Å². The van der Waals surface area contributed by atoms with Crippen LogP contribution in [0.1, 0.15) is 58.3 Å². The molecule has 3 aliphatic carbocycles. The Bertz CT molecular complexity index is 586. The number of carbonyl (C=O) groups is 1. The molecule has 0 saturated heterocycles. The molecule has 2 saturated carbocycles. The molecular weight excluding hydrogens is 300 g/mol. The van der Waals surface area contributed by atoms with E-state index in [9.17, 15) is 4.79 Å². The zero-order chi connectivity index (χ0) is 17.0. The minimum atomic E-state index is -0.804. The molecule has 3 rings (SSSR count). The first-order valence-corrected chi connectivity index (χ1v) is 9.24. The topological polar surface area (TPSA) is 46.5 Å². The van der Waals surface area contributed by atoms with E-state index in [0.717, 1.165) is 24.5 Å². The summed E-state index contributed by atoms with van der Waals surface area (Å²) in [6.45, 7) is 2.62. The average molecular weight is 328 g/mol. The first-order chi connectivity index (χ1) is 11.6. The maximum atomic E-state index is 11.0. The molecule has 0 aromatic rings. The molecule has 3 aliphatic rings. The molecule has 0 heterocycles. The van der Waals surface area contributed by atoms with E-state index in [-0.39, 0.29) is 18.4 Å². The first-order valence-electron chi connectivity index (χ1n) is 9.24. The summed E-state index contributed by atoms with van der Waals surface area (Å²) in [5, 5.41) is 9.02. The highest BCUT2D eigenvalue weighted by Gasteiger charge is 2.43.